The van der Waals surface area contributed by atoms with E-state index < -0.39 is 11.9 Å². The molecule has 0 spiro atoms. The molecule has 0 aromatic carbocycles. The van der Waals surface area contributed by atoms with Crippen molar-refractivity contribution in [2.75, 3.05) is 13.2 Å². The first-order valence-corrected chi connectivity index (χ1v) is 11.2. The third-order valence-electron chi connectivity index (χ3n) is 5.89. The molecule has 1 saturated heterocycles. The molecule has 1 heterocycles. The molecule has 0 radical (unpaired) electrons. The van der Waals surface area contributed by atoms with Gasteiger partial charge in [0.05, 0.1) is 6.61 Å². The highest BCUT2D eigenvalue weighted by molar-refractivity contribution is 5.60. The molecule has 1 aliphatic heterocycles. The van der Waals surface area contributed by atoms with Crippen LogP contribution in [0.4, 0.5) is 4.79 Å². The third-order valence-corrected chi connectivity index (χ3v) is 5.89. The molecule has 0 aromatic rings. The van der Waals surface area contributed by atoms with E-state index in [4.69, 9.17) is 14.2 Å². The zero-order valence-electron chi connectivity index (χ0n) is 16.9. The van der Waals surface area contributed by atoms with Crippen LogP contribution in [0.3, 0.4) is 0 Å². The van der Waals surface area contributed by atoms with Gasteiger partial charge in [-0.2, -0.15) is 0 Å². The van der Waals surface area contributed by atoms with E-state index in [2.05, 4.69) is 0 Å². The van der Waals surface area contributed by atoms with Crippen molar-refractivity contribution >= 4 is 6.16 Å². The maximum absolute atomic E-state index is 11.4. The van der Waals surface area contributed by atoms with Crippen molar-refractivity contribution in [1.82, 2.24) is 0 Å². The minimum atomic E-state index is -0.667. The maximum atomic E-state index is 11.4. The van der Waals surface area contributed by atoms with Gasteiger partial charge in [0.15, 0.2) is 0 Å². The summed E-state index contributed by atoms with van der Waals surface area (Å²) in [6.45, 7) is 2.65. The average molecular weight is 369 g/mol. The Bertz CT molecular complexity index is 366. The van der Waals surface area contributed by atoms with Crippen LogP contribution in [0.5, 0.6) is 0 Å². The lowest BCUT2D eigenvalue weighted by atomic mass is 9.89. The van der Waals surface area contributed by atoms with E-state index in [1.54, 1.807) is 6.92 Å². The van der Waals surface area contributed by atoms with Crippen molar-refractivity contribution in [3.8, 4) is 0 Å². The minimum absolute atomic E-state index is 0.344. The molecule has 0 bridgehead atoms. The molecule has 2 aliphatic rings. The molecule has 4 nitrogen and oxygen atoms in total. The Labute approximate surface area is 160 Å². The van der Waals surface area contributed by atoms with Gasteiger partial charge in [-0.05, 0) is 19.3 Å². The summed E-state index contributed by atoms with van der Waals surface area (Å²) in [5, 5.41) is 0. The van der Waals surface area contributed by atoms with Crippen molar-refractivity contribution in [3.05, 3.63) is 0 Å². The number of epoxide rings is 1. The van der Waals surface area contributed by atoms with Gasteiger partial charge in [-0.1, -0.05) is 89.9 Å². The molecule has 26 heavy (non-hydrogen) atoms. The second kappa shape index (κ2) is 12.6. The Morgan fingerprint density at radius 2 is 1.50 bits per heavy atom. The summed E-state index contributed by atoms with van der Waals surface area (Å²) in [6, 6.07) is 0. The average Bonchev–Trinajstić information content (AvgIpc) is 3.36. The van der Waals surface area contributed by atoms with Gasteiger partial charge in [-0.3, -0.25) is 0 Å². The highest BCUT2D eigenvalue weighted by Gasteiger charge is 2.49. The number of hydrogen-bond donors (Lipinski definition) is 0. The fourth-order valence-corrected chi connectivity index (χ4v) is 4.17. The van der Waals surface area contributed by atoms with Crippen molar-refractivity contribution in [2.45, 2.75) is 115 Å². The molecule has 2 fully saturated rings. The lowest BCUT2D eigenvalue weighted by molar-refractivity contribution is -0.0381. The van der Waals surface area contributed by atoms with E-state index in [-0.39, 0.29) is 0 Å². The number of unbranched alkanes of at least 4 members (excludes halogenated alkanes) is 2. The lowest BCUT2D eigenvalue weighted by Crippen LogP contribution is -2.22. The molecular formula is C22H40O4. The van der Waals surface area contributed by atoms with Crippen LogP contribution in [0.2, 0.25) is 0 Å². The van der Waals surface area contributed by atoms with Crippen LogP contribution in [0, 0.1) is 5.92 Å². The first-order chi connectivity index (χ1) is 12.7. The van der Waals surface area contributed by atoms with Gasteiger partial charge in [0.25, 0.3) is 0 Å². The highest BCUT2D eigenvalue weighted by atomic mass is 16.8. The monoisotopic (exact) mass is 368 g/mol. The van der Waals surface area contributed by atoms with Crippen LogP contribution in [-0.2, 0) is 14.2 Å². The first-order valence-electron chi connectivity index (χ1n) is 11.2. The highest BCUT2D eigenvalue weighted by Crippen LogP contribution is 2.35. The fourth-order valence-electron chi connectivity index (χ4n) is 4.17. The smallest absolute Gasteiger partial charge is 0.435 e. The van der Waals surface area contributed by atoms with E-state index in [1.165, 1.54) is 89.9 Å². The molecule has 0 amide bonds. The van der Waals surface area contributed by atoms with E-state index in [9.17, 15) is 4.79 Å². The number of rotatable bonds is 8. The molecule has 0 aromatic heterocycles. The number of carbonyl (C=O) groups excluding carboxylic acids is 1. The van der Waals surface area contributed by atoms with Crippen LogP contribution < -0.4 is 0 Å². The normalized spacial score (nSPS) is 25.7. The molecule has 1 saturated carbocycles. The van der Waals surface area contributed by atoms with E-state index in [0.717, 1.165) is 18.8 Å². The summed E-state index contributed by atoms with van der Waals surface area (Å²) in [6.07, 6.45) is 20.9. The second-order valence-electron chi connectivity index (χ2n) is 8.21. The van der Waals surface area contributed by atoms with Crippen LogP contribution in [0.15, 0.2) is 0 Å². The van der Waals surface area contributed by atoms with E-state index >= 15 is 0 Å². The fraction of sp³-hybridized carbons (Fsp3) is 0.955. The van der Waals surface area contributed by atoms with Gasteiger partial charge < -0.3 is 14.2 Å². The maximum Gasteiger partial charge on any atom is 0.510 e. The standard InChI is InChI=1S/C22H40O4/c1-2-24-21(23)26-22(19-25-22)18-14-10-13-17-20-15-11-8-6-4-3-5-7-9-12-16-20/h20H,2-19H2,1H3. The minimum Gasteiger partial charge on any atom is -0.435 e. The van der Waals surface area contributed by atoms with E-state index in [1.807, 2.05) is 0 Å². The van der Waals surface area contributed by atoms with Crippen LogP contribution >= 0.6 is 0 Å². The summed E-state index contributed by atoms with van der Waals surface area (Å²) in [5.74, 6) is 0.260. The largest absolute Gasteiger partial charge is 0.510 e. The van der Waals surface area contributed by atoms with Gasteiger partial charge in [0.1, 0.15) is 6.61 Å². The van der Waals surface area contributed by atoms with Gasteiger partial charge >= 0.3 is 6.16 Å². The quantitative estimate of drug-likeness (QED) is 0.270. The van der Waals surface area contributed by atoms with Crippen LogP contribution in [0.1, 0.15) is 110 Å². The topological polar surface area (TPSA) is 48.1 Å². The van der Waals surface area contributed by atoms with Gasteiger partial charge in [-0.25, -0.2) is 4.79 Å². The summed E-state index contributed by atoms with van der Waals surface area (Å²) in [5.41, 5.74) is 0. The van der Waals surface area contributed by atoms with Crippen molar-refractivity contribution in [2.24, 2.45) is 5.92 Å². The Hall–Kier alpha value is -0.770. The summed E-state index contributed by atoms with van der Waals surface area (Å²) >= 11 is 0. The molecule has 0 N–H and O–H groups in total. The predicted molar refractivity (Wildman–Crippen MR) is 104 cm³/mol. The van der Waals surface area contributed by atoms with Crippen LogP contribution in [0.25, 0.3) is 0 Å². The number of hydrogen-bond acceptors (Lipinski definition) is 4. The van der Waals surface area contributed by atoms with Gasteiger partial charge in [0, 0.05) is 6.42 Å². The molecule has 1 aliphatic carbocycles. The Kier molecular flexibility index (Phi) is 10.4. The second-order valence-corrected chi connectivity index (χ2v) is 8.21. The molecule has 4 heteroatoms. The number of carbonyl (C=O) groups is 1. The lowest BCUT2D eigenvalue weighted by Gasteiger charge is -2.18. The molecule has 2 rings (SSSR count). The molecular weight excluding hydrogens is 328 g/mol. The Balaban J connectivity index is 1.56. The van der Waals surface area contributed by atoms with Gasteiger partial charge in [-0.15, -0.1) is 0 Å². The van der Waals surface area contributed by atoms with E-state index in [0.29, 0.717) is 13.2 Å². The van der Waals surface area contributed by atoms with Crippen LogP contribution in [-0.4, -0.2) is 25.2 Å². The third kappa shape index (κ3) is 9.25. The predicted octanol–water partition coefficient (Wildman–Crippen LogP) is 6.76. The van der Waals surface area contributed by atoms with Gasteiger partial charge in [0.2, 0.25) is 5.79 Å². The molecule has 1 atom stereocenters. The van der Waals surface area contributed by atoms with Crippen molar-refractivity contribution in [3.63, 3.8) is 0 Å². The summed E-state index contributed by atoms with van der Waals surface area (Å²) in [7, 11) is 0. The molecule has 152 valence electrons. The summed E-state index contributed by atoms with van der Waals surface area (Å²) < 4.78 is 15.5. The summed E-state index contributed by atoms with van der Waals surface area (Å²) in [4.78, 5) is 11.4. The zero-order valence-corrected chi connectivity index (χ0v) is 16.9. The van der Waals surface area contributed by atoms with Crippen molar-refractivity contribution < 1.29 is 19.0 Å². The Morgan fingerprint density at radius 1 is 0.923 bits per heavy atom. The first kappa shape index (κ1) is 21.5. The number of ether oxygens (including phenoxy) is 3. The molecule has 1 unspecified atom stereocenters. The SMILES string of the molecule is CCOC(=O)OC1(CCCCCC2CCCCCCCCCCC2)CO1. The van der Waals surface area contributed by atoms with Crippen molar-refractivity contribution in [1.29, 1.82) is 0 Å². The Morgan fingerprint density at radius 3 is 2.04 bits per heavy atom. The zero-order chi connectivity index (χ0) is 18.5.